The van der Waals surface area contributed by atoms with Gasteiger partial charge in [-0.2, -0.15) is 0 Å². The Labute approximate surface area is 146 Å². The largest absolute Gasteiger partial charge is 0.450 e. The maximum absolute atomic E-state index is 13.1. The summed E-state index contributed by atoms with van der Waals surface area (Å²) in [6.07, 6.45) is 0.884. The van der Waals surface area contributed by atoms with E-state index in [1.54, 1.807) is 17.0 Å². The molecule has 128 valence electrons. The average molecular weight is 337 g/mol. The highest BCUT2D eigenvalue weighted by Gasteiger charge is 2.36. The molecule has 0 aliphatic carbocycles. The minimum absolute atomic E-state index is 0.0106. The van der Waals surface area contributed by atoms with Crippen molar-refractivity contribution in [2.45, 2.75) is 33.2 Å². The molecular weight excluding hydrogens is 317 g/mol. The van der Waals surface area contributed by atoms with Crippen LogP contribution in [0.25, 0.3) is 11.0 Å². The van der Waals surface area contributed by atoms with Crippen molar-refractivity contribution in [2.24, 2.45) is 0 Å². The summed E-state index contributed by atoms with van der Waals surface area (Å²) in [5.74, 6) is 0.0572. The molecule has 1 aliphatic rings. The van der Waals surface area contributed by atoms with Gasteiger partial charge >= 0.3 is 0 Å². The van der Waals surface area contributed by atoms with Crippen LogP contribution in [-0.2, 0) is 0 Å². The van der Waals surface area contributed by atoms with Crippen molar-refractivity contribution in [1.82, 2.24) is 4.90 Å². The highest BCUT2D eigenvalue weighted by atomic mass is 19.1. The molecule has 1 fully saturated rings. The van der Waals surface area contributed by atoms with E-state index in [0.717, 1.165) is 39.6 Å². The summed E-state index contributed by atoms with van der Waals surface area (Å²) in [5.41, 5.74) is 4.85. The first kappa shape index (κ1) is 15.9. The summed E-state index contributed by atoms with van der Waals surface area (Å²) in [4.78, 5) is 14.8. The first-order valence-electron chi connectivity index (χ1n) is 8.53. The van der Waals surface area contributed by atoms with Crippen molar-refractivity contribution >= 4 is 16.9 Å². The van der Waals surface area contributed by atoms with Crippen LogP contribution in [0.5, 0.6) is 0 Å². The molecule has 1 aromatic heterocycles. The highest BCUT2D eigenvalue weighted by Crippen LogP contribution is 2.37. The summed E-state index contributed by atoms with van der Waals surface area (Å²) in [6.45, 7) is 6.67. The van der Waals surface area contributed by atoms with Gasteiger partial charge in [-0.25, -0.2) is 4.39 Å². The van der Waals surface area contributed by atoms with Gasteiger partial charge in [0.15, 0.2) is 5.76 Å². The number of carbonyl (C=O) groups excluding carboxylic acids is 1. The zero-order valence-corrected chi connectivity index (χ0v) is 14.6. The quantitative estimate of drug-likeness (QED) is 0.653. The minimum atomic E-state index is -0.264. The number of rotatable bonds is 2. The number of halogens is 1. The second kappa shape index (κ2) is 5.73. The maximum atomic E-state index is 13.1. The summed E-state index contributed by atoms with van der Waals surface area (Å²) in [5, 5.41) is 0.991. The summed E-state index contributed by atoms with van der Waals surface area (Å²) >= 11 is 0. The van der Waals surface area contributed by atoms with Crippen LogP contribution in [-0.4, -0.2) is 17.4 Å². The van der Waals surface area contributed by atoms with E-state index in [2.05, 4.69) is 6.07 Å². The second-order valence-corrected chi connectivity index (χ2v) is 6.79. The van der Waals surface area contributed by atoms with Gasteiger partial charge < -0.3 is 9.32 Å². The Bertz CT molecular complexity index is 972. The first-order valence-corrected chi connectivity index (χ1v) is 8.53. The van der Waals surface area contributed by atoms with Crippen molar-refractivity contribution in [2.75, 3.05) is 6.54 Å². The minimum Gasteiger partial charge on any atom is -0.450 e. The number of hydrogen-bond donors (Lipinski definition) is 0. The lowest BCUT2D eigenvalue weighted by atomic mass is 9.94. The van der Waals surface area contributed by atoms with Crippen LogP contribution in [0.3, 0.4) is 0 Å². The van der Waals surface area contributed by atoms with Crippen LogP contribution < -0.4 is 0 Å². The van der Waals surface area contributed by atoms with E-state index in [1.807, 2.05) is 26.8 Å². The van der Waals surface area contributed by atoms with Crippen molar-refractivity contribution < 1.29 is 13.6 Å². The molecule has 2 aromatic carbocycles. The smallest absolute Gasteiger partial charge is 0.290 e. The normalized spacial score (nSPS) is 17.0. The standard InChI is InChI=1S/C21H20FNO2/c1-12-4-9-17-14(3)20(25-19(17)13(12)2)21(24)23-11-10-18(23)15-5-7-16(22)8-6-15/h4-9,18H,10-11H2,1-3H3/t18-/m1/s1. The van der Waals surface area contributed by atoms with E-state index in [0.29, 0.717) is 12.3 Å². The highest BCUT2D eigenvalue weighted by molar-refractivity contribution is 6.00. The van der Waals surface area contributed by atoms with Gasteiger partial charge in [0, 0.05) is 17.5 Å². The molecule has 2 heterocycles. The number of fused-ring (bicyclic) bond motifs is 1. The molecule has 0 radical (unpaired) electrons. The van der Waals surface area contributed by atoms with Gasteiger partial charge in [0.1, 0.15) is 11.4 Å². The molecular formula is C21H20FNO2. The number of aryl methyl sites for hydroxylation is 3. The molecule has 4 heteroatoms. The summed E-state index contributed by atoms with van der Waals surface area (Å²) < 4.78 is 19.1. The molecule has 0 bridgehead atoms. The fraction of sp³-hybridized carbons (Fsp3) is 0.286. The van der Waals surface area contributed by atoms with Crippen molar-refractivity contribution in [1.29, 1.82) is 0 Å². The molecule has 3 aromatic rings. The number of carbonyl (C=O) groups is 1. The van der Waals surface area contributed by atoms with Crippen LogP contribution >= 0.6 is 0 Å². The van der Waals surface area contributed by atoms with E-state index >= 15 is 0 Å². The Hall–Kier alpha value is -2.62. The third-order valence-corrected chi connectivity index (χ3v) is 5.35. The zero-order chi connectivity index (χ0) is 17.7. The average Bonchev–Trinajstić information content (AvgIpc) is 2.90. The van der Waals surface area contributed by atoms with E-state index in [1.165, 1.54) is 12.1 Å². The number of benzene rings is 2. The molecule has 0 unspecified atom stereocenters. The first-order chi connectivity index (χ1) is 12.0. The van der Waals surface area contributed by atoms with Gasteiger partial charge in [-0.15, -0.1) is 0 Å². The van der Waals surface area contributed by atoms with E-state index in [-0.39, 0.29) is 17.8 Å². The van der Waals surface area contributed by atoms with E-state index in [4.69, 9.17) is 4.42 Å². The van der Waals surface area contributed by atoms with Gasteiger partial charge in [0.2, 0.25) is 0 Å². The van der Waals surface area contributed by atoms with Gasteiger partial charge in [-0.1, -0.05) is 24.3 Å². The van der Waals surface area contributed by atoms with Crippen molar-refractivity contribution in [3.8, 4) is 0 Å². The molecule has 1 aliphatic heterocycles. The molecule has 0 N–H and O–H groups in total. The lowest BCUT2D eigenvalue weighted by Gasteiger charge is -2.41. The molecule has 4 rings (SSSR count). The Balaban J connectivity index is 1.69. The van der Waals surface area contributed by atoms with Gasteiger partial charge in [-0.05, 0) is 56.0 Å². The Morgan fingerprint density at radius 1 is 1.08 bits per heavy atom. The van der Waals surface area contributed by atoms with E-state index < -0.39 is 0 Å². The molecule has 0 saturated carbocycles. The lowest BCUT2D eigenvalue weighted by molar-refractivity contribution is 0.0429. The van der Waals surface area contributed by atoms with Crippen LogP contribution in [0.4, 0.5) is 4.39 Å². The Morgan fingerprint density at radius 3 is 2.44 bits per heavy atom. The topological polar surface area (TPSA) is 33.5 Å². The summed E-state index contributed by atoms with van der Waals surface area (Å²) in [7, 11) is 0. The van der Waals surface area contributed by atoms with Crippen LogP contribution in [0.1, 0.15) is 45.3 Å². The third kappa shape index (κ3) is 2.44. The molecule has 3 nitrogen and oxygen atoms in total. The molecule has 1 amide bonds. The van der Waals surface area contributed by atoms with Crippen LogP contribution in [0, 0.1) is 26.6 Å². The number of hydrogen-bond acceptors (Lipinski definition) is 2. The van der Waals surface area contributed by atoms with Crippen LogP contribution in [0.15, 0.2) is 40.8 Å². The second-order valence-electron chi connectivity index (χ2n) is 6.79. The fourth-order valence-electron chi connectivity index (χ4n) is 3.51. The molecule has 1 atom stereocenters. The molecule has 25 heavy (non-hydrogen) atoms. The Kier molecular flexibility index (Phi) is 3.64. The van der Waals surface area contributed by atoms with Gasteiger partial charge in [-0.3, -0.25) is 4.79 Å². The molecule has 0 spiro atoms. The number of nitrogens with zero attached hydrogens (tertiary/aromatic N) is 1. The maximum Gasteiger partial charge on any atom is 0.290 e. The van der Waals surface area contributed by atoms with Crippen molar-refractivity contribution in [3.05, 3.63) is 70.2 Å². The molecule has 1 saturated heterocycles. The summed E-state index contributed by atoms with van der Waals surface area (Å²) in [6, 6.07) is 10.4. The zero-order valence-electron chi connectivity index (χ0n) is 14.6. The number of furan rings is 1. The van der Waals surface area contributed by atoms with Gasteiger partial charge in [0.25, 0.3) is 5.91 Å². The van der Waals surface area contributed by atoms with Crippen LogP contribution in [0.2, 0.25) is 0 Å². The van der Waals surface area contributed by atoms with E-state index in [9.17, 15) is 9.18 Å². The van der Waals surface area contributed by atoms with Gasteiger partial charge in [0.05, 0.1) is 6.04 Å². The number of likely N-dealkylation sites (tertiary alicyclic amines) is 1. The number of amides is 1. The predicted octanol–water partition coefficient (Wildman–Crippen LogP) is 5.08. The fourth-order valence-corrected chi connectivity index (χ4v) is 3.51. The Morgan fingerprint density at radius 2 is 1.80 bits per heavy atom. The predicted molar refractivity (Wildman–Crippen MR) is 95.2 cm³/mol. The monoisotopic (exact) mass is 337 g/mol. The van der Waals surface area contributed by atoms with Crippen molar-refractivity contribution in [3.63, 3.8) is 0 Å². The SMILES string of the molecule is Cc1ccc2c(C)c(C(=O)N3CC[C@@H]3c3ccc(F)cc3)oc2c1C. The lowest BCUT2D eigenvalue weighted by Crippen LogP contribution is -2.45. The third-order valence-electron chi connectivity index (χ3n) is 5.35.